The van der Waals surface area contributed by atoms with Crippen LogP contribution < -0.4 is 0 Å². The van der Waals surface area contributed by atoms with Crippen molar-refractivity contribution in [1.82, 2.24) is 4.98 Å². The molecule has 1 aliphatic rings. The Hall–Kier alpha value is -1.43. The number of esters is 1. The number of hydrogen-bond donors (Lipinski definition) is 0. The first-order valence-electron chi connectivity index (χ1n) is 6.23. The molecule has 1 aliphatic heterocycles. The van der Waals surface area contributed by atoms with Crippen LogP contribution in [0.25, 0.3) is 0 Å². The maximum absolute atomic E-state index is 11.8. The maximum Gasteiger partial charge on any atom is 0.335 e. The number of rotatable bonds is 3. The van der Waals surface area contributed by atoms with Crippen molar-refractivity contribution in [3.8, 4) is 0 Å². The molecule has 0 bridgehead atoms. The van der Waals surface area contributed by atoms with Gasteiger partial charge in [0.25, 0.3) is 0 Å². The van der Waals surface area contributed by atoms with Gasteiger partial charge in [-0.05, 0) is 6.92 Å². The first kappa shape index (κ1) is 14.0. The van der Waals surface area contributed by atoms with Crippen molar-refractivity contribution in [2.45, 2.75) is 45.3 Å². The summed E-state index contributed by atoms with van der Waals surface area (Å²) in [5, 5.41) is 2.94. The summed E-state index contributed by atoms with van der Waals surface area (Å²) in [4.78, 5) is 20.4. The second-order valence-corrected chi connectivity index (χ2v) is 6.19. The zero-order chi connectivity index (χ0) is 14.0. The van der Waals surface area contributed by atoms with Gasteiger partial charge in [-0.1, -0.05) is 20.8 Å². The summed E-state index contributed by atoms with van der Waals surface area (Å²) < 4.78 is 10.4. The largest absolute Gasteiger partial charge is 0.471 e. The van der Waals surface area contributed by atoms with Crippen molar-refractivity contribution in [2.75, 3.05) is 6.61 Å². The smallest absolute Gasteiger partial charge is 0.335 e. The van der Waals surface area contributed by atoms with E-state index in [4.69, 9.17) is 9.47 Å². The van der Waals surface area contributed by atoms with Gasteiger partial charge in [-0.2, -0.15) is 0 Å². The molecule has 0 radical (unpaired) electrons. The molecule has 2 heterocycles. The van der Waals surface area contributed by atoms with Gasteiger partial charge in [0, 0.05) is 10.8 Å². The van der Waals surface area contributed by atoms with Crippen molar-refractivity contribution in [3.63, 3.8) is 0 Å². The minimum atomic E-state index is -0.644. The summed E-state index contributed by atoms with van der Waals surface area (Å²) in [7, 11) is 0. The molecule has 1 aromatic rings. The molecule has 0 aromatic carbocycles. The summed E-state index contributed by atoms with van der Waals surface area (Å²) >= 11 is 1.57. The molecule has 19 heavy (non-hydrogen) atoms. The molecule has 0 N–H and O–H groups in total. The predicted molar refractivity (Wildman–Crippen MR) is 73.6 cm³/mol. The first-order valence-corrected chi connectivity index (χ1v) is 7.11. The van der Waals surface area contributed by atoms with Gasteiger partial charge in [0.2, 0.25) is 0 Å². The molecule has 5 nitrogen and oxygen atoms in total. The number of carbonyl (C=O) groups is 1. The van der Waals surface area contributed by atoms with E-state index in [2.05, 4.69) is 30.7 Å². The average molecular weight is 282 g/mol. The van der Waals surface area contributed by atoms with Crippen molar-refractivity contribution in [1.29, 1.82) is 0 Å². The lowest BCUT2D eigenvalue weighted by Gasteiger charge is -2.15. The highest BCUT2D eigenvalue weighted by Gasteiger charge is 2.37. The number of hydrogen-bond acceptors (Lipinski definition) is 6. The molecule has 0 saturated carbocycles. The molecule has 0 spiro atoms. The minimum Gasteiger partial charge on any atom is -0.471 e. The summed E-state index contributed by atoms with van der Waals surface area (Å²) in [6, 6.07) is -0.644. The van der Waals surface area contributed by atoms with Crippen LogP contribution >= 0.6 is 11.3 Å². The number of carbonyl (C=O) groups excluding carboxylic acids is 1. The van der Waals surface area contributed by atoms with Crippen molar-refractivity contribution in [2.24, 2.45) is 4.99 Å². The van der Waals surface area contributed by atoms with Gasteiger partial charge in [0.1, 0.15) is 0 Å². The minimum absolute atomic E-state index is 0.0121. The molecule has 0 saturated heterocycles. The molecule has 2 rings (SSSR count). The number of ether oxygens (including phenoxy) is 2. The van der Waals surface area contributed by atoms with Gasteiger partial charge in [0.05, 0.1) is 17.3 Å². The third kappa shape index (κ3) is 2.94. The standard InChI is InChI=1S/C13H18N2O3S/c1-5-17-11(16)9-10(18-7-14-9)8-6-19-12(15-8)13(2,3)4/h6-7,9-10H,5H2,1-4H3. The topological polar surface area (TPSA) is 60.8 Å². The summed E-state index contributed by atoms with van der Waals surface area (Å²) in [6.07, 6.45) is 0.842. The second-order valence-electron chi connectivity index (χ2n) is 5.34. The number of aliphatic imine (C=N–C) groups is 1. The lowest BCUT2D eigenvalue weighted by Crippen LogP contribution is -2.26. The van der Waals surface area contributed by atoms with E-state index in [1.54, 1.807) is 18.3 Å². The molecule has 2 atom stereocenters. The molecule has 0 aliphatic carbocycles. The summed E-state index contributed by atoms with van der Waals surface area (Å²) in [5.41, 5.74) is 0.729. The van der Waals surface area contributed by atoms with Crippen LogP contribution in [0.5, 0.6) is 0 Å². The Balaban J connectivity index is 2.17. The highest BCUT2D eigenvalue weighted by molar-refractivity contribution is 7.09. The Kier molecular flexibility index (Phi) is 3.89. The number of aromatic nitrogens is 1. The van der Waals surface area contributed by atoms with Gasteiger partial charge in [0.15, 0.2) is 18.5 Å². The Morgan fingerprint density at radius 2 is 2.26 bits per heavy atom. The van der Waals surface area contributed by atoms with E-state index in [0.717, 1.165) is 10.7 Å². The molecular formula is C13H18N2O3S. The molecule has 0 amide bonds. The van der Waals surface area contributed by atoms with Gasteiger partial charge >= 0.3 is 5.97 Å². The Labute approximate surface area is 116 Å². The Morgan fingerprint density at radius 3 is 2.84 bits per heavy atom. The van der Waals surface area contributed by atoms with E-state index in [9.17, 15) is 4.79 Å². The fraction of sp³-hybridized carbons (Fsp3) is 0.615. The van der Waals surface area contributed by atoms with E-state index >= 15 is 0 Å². The van der Waals surface area contributed by atoms with E-state index in [-0.39, 0.29) is 11.4 Å². The van der Waals surface area contributed by atoms with Crippen molar-refractivity contribution >= 4 is 23.7 Å². The third-order valence-corrected chi connectivity index (χ3v) is 3.99. The number of thiazole rings is 1. The van der Waals surface area contributed by atoms with E-state index < -0.39 is 12.1 Å². The number of nitrogens with zero attached hydrogens (tertiary/aromatic N) is 2. The van der Waals surface area contributed by atoms with Gasteiger partial charge in [-0.15, -0.1) is 11.3 Å². The van der Waals surface area contributed by atoms with Crippen LogP contribution in [-0.4, -0.2) is 30.0 Å². The second kappa shape index (κ2) is 5.28. The van der Waals surface area contributed by atoms with E-state index in [1.807, 2.05) is 5.38 Å². The Bertz CT molecular complexity index is 490. The Morgan fingerprint density at radius 1 is 1.53 bits per heavy atom. The van der Waals surface area contributed by atoms with Crippen LogP contribution in [0.15, 0.2) is 10.4 Å². The van der Waals surface area contributed by atoms with E-state index in [0.29, 0.717) is 6.61 Å². The van der Waals surface area contributed by atoms with Crippen LogP contribution in [-0.2, 0) is 19.7 Å². The highest BCUT2D eigenvalue weighted by Crippen LogP contribution is 2.32. The maximum atomic E-state index is 11.8. The van der Waals surface area contributed by atoms with Crippen LogP contribution in [0.4, 0.5) is 0 Å². The average Bonchev–Trinajstić information content (AvgIpc) is 2.97. The predicted octanol–water partition coefficient (Wildman–Crippen LogP) is 2.47. The fourth-order valence-electron chi connectivity index (χ4n) is 1.72. The quantitative estimate of drug-likeness (QED) is 0.799. The monoisotopic (exact) mass is 282 g/mol. The van der Waals surface area contributed by atoms with Crippen molar-refractivity contribution in [3.05, 3.63) is 16.1 Å². The first-order chi connectivity index (χ1) is 8.93. The summed E-state index contributed by atoms with van der Waals surface area (Å²) in [5.74, 6) is -0.369. The molecule has 2 unspecified atom stereocenters. The van der Waals surface area contributed by atoms with Crippen molar-refractivity contribution < 1.29 is 14.3 Å². The van der Waals surface area contributed by atoms with Gasteiger partial charge in [-0.3, -0.25) is 0 Å². The summed E-state index contributed by atoms with van der Waals surface area (Å²) in [6.45, 7) is 8.41. The normalized spacial score (nSPS) is 22.3. The lowest BCUT2D eigenvalue weighted by atomic mass is 9.98. The van der Waals surface area contributed by atoms with Gasteiger partial charge < -0.3 is 9.47 Å². The third-order valence-electron chi connectivity index (χ3n) is 2.70. The van der Waals surface area contributed by atoms with Gasteiger partial charge in [-0.25, -0.2) is 14.8 Å². The van der Waals surface area contributed by atoms with E-state index in [1.165, 1.54) is 6.40 Å². The fourth-order valence-corrected chi connectivity index (χ4v) is 2.65. The SMILES string of the molecule is CCOC(=O)C1N=COC1c1csc(C(C)(C)C)n1. The molecule has 104 valence electrons. The zero-order valence-corrected chi connectivity index (χ0v) is 12.4. The zero-order valence-electron chi connectivity index (χ0n) is 11.5. The molecule has 6 heteroatoms. The van der Waals surface area contributed by atoms with Crippen LogP contribution in [0, 0.1) is 0 Å². The van der Waals surface area contributed by atoms with Crippen LogP contribution in [0.3, 0.4) is 0 Å². The molecular weight excluding hydrogens is 264 g/mol. The molecule has 1 aromatic heterocycles. The highest BCUT2D eigenvalue weighted by atomic mass is 32.1. The van der Waals surface area contributed by atoms with Crippen LogP contribution in [0.1, 0.15) is 44.5 Å². The lowest BCUT2D eigenvalue weighted by molar-refractivity contribution is -0.146. The molecule has 0 fully saturated rings. The van der Waals surface area contributed by atoms with Crippen LogP contribution in [0.2, 0.25) is 0 Å².